The van der Waals surface area contributed by atoms with Crippen molar-refractivity contribution >= 4 is 11.8 Å². The van der Waals surface area contributed by atoms with Crippen LogP contribution < -0.4 is 11.1 Å². The first-order valence-corrected chi connectivity index (χ1v) is 7.00. The predicted molar refractivity (Wildman–Crippen MR) is 81.2 cm³/mol. The molecular weight excluding hydrogens is 252 g/mol. The summed E-state index contributed by atoms with van der Waals surface area (Å²) < 4.78 is 1.84. The van der Waals surface area contributed by atoms with Crippen molar-refractivity contribution in [3.63, 3.8) is 0 Å². The molecule has 6 heteroatoms. The van der Waals surface area contributed by atoms with Gasteiger partial charge in [0.15, 0.2) is 5.82 Å². The highest BCUT2D eigenvalue weighted by atomic mass is 15.3. The lowest BCUT2D eigenvalue weighted by Gasteiger charge is -2.09. The molecule has 0 aliphatic rings. The molecule has 0 fully saturated rings. The van der Waals surface area contributed by atoms with E-state index in [1.165, 1.54) is 5.56 Å². The van der Waals surface area contributed by atoms with Crippen LogP contribution in [0.1, 0.15) is 37.2 Å². The lowest BCUT2D eigenvalue weighted by molar-refractivity contribution is 0.802. The summed E-state index contributed by atoms with van der Waals surface area (Å²) in [6, 6.07) is 1.88. The van der Waals surface area contributed by atoms with Gasteiger partial charge in [-0.15, -0.1) is 0 Å². The van der Waals surface area contributed by atoms with Gasteiger partial charge in [0.2, 0.25) is 5.95 Å². The molecule has 0 atom stereocenters. The second kappa shape index (κ2) is 5.90. The van der Waals surface area contributed by atoms with Crippen LogP contribution in [-0.4, -0.2) is 26.3 Å². The second-order valence-corrected chi connectivity index (χ2v) is 4.81. The zero-order valence-corrected chi connectivity index (χ0v) is 12.6. The van der Waals surface area contributed by atoms with Crippen LogP contribution in [0.5, 0.6) is 0 Å². The Morgan fingerprint density at radius 3 is 2.60 bits per heavy atom. The van der Waals surface area contributed by atoms with E-state index in [9.17, 15) is 0 Å². The minimum absolute atomic E-state index is 0.256. The van der Waals surface area contributed by atoms with Crippen molar-refractivity contribution in [1.82, 2.24) is 19.7 Å². The molecule has 2 aromatic heterocycles. The monoisotopic (exact) mass is 274 g/mol. The quantitative estimate of drug-likeness (QED) is 0.874. The van der Waals surface area contributed by atoms with E-state index < -0.39 is 0 Å². The fraction of sp³-hybridized carbons (Fsp3) is 0.500. The molecule has 0 saturated heterocycles. The van der Waals surface area contributed by atoms with Crippen molar-refractivity contribution < 1.29 is 0 Å². The molecular formula is C14H22N6. The molecule has 20 heavy (non-hydrogen) atoms. The van der Waals surface area contributed by atoms with E-state index in [1.54, 1.807) is 0 Å². The van der Waals surface area contributed by atoms with E-state index in [2.05, 4.69) is 41.2 Å². The van der Waals surface area contributed by atoms with Crippen molar-refractivity contribution in [2.24, 2.45) is 0 Å². The first-order chi connectivity index (χ1) is 9.56. The fourth-order valence-corrected chi connectivity index (χ4v) is 2.31. The summed E-state index contributed by atoms with van der Waals surface area (Å²) in [7, 11) is 0. The minimum Gasteiger partial charge on any atom is -0.370 e. The van der Waals surface area contributed by atoms with Gasteiger partial charge in [-0.25, -0.2) is 4.68 Å². The molecule has 0 radical (unpaired) electrons. The van der Waals surface area contributed by atoms with Gasteiger partial charge in [-0.05, 0) is 32.3 Å². The van der Waals surface area contributed by atoms with E-state index in [4.69, 9.17) is 5.73 Å². The molecule has 0 aromatic carbocycles. The number of rotatable bonds is 5. The predicted octanol–water partition coefficient (Wildman–Crippen LogP) is 2.25. The van der Waals surface area contributed by atoms with Gasteiger partial charge in [0.05, 0.1) is 5.69 Å². The van der Waals surface area contributed by atoms with Gasteiger partial charge >= 0.3 is 0 Å². The number of hydrogen-bond donors (Lipinski definition) is 2. The Bertz CT molecular complexity index is 602. The van der Waals surface area contributed by atoms with Crippen molar-refractivity contribution in [1.29, 1.82) is 0 Å². The van der Waals surface area contributed by atoms with Crippen LogP contribution in [0.2, 0.25) is 0 Å². The Hall–Kier alpha value is -2.11. The van der Waals surface area contributed by atoms with Gasteiger partial charge in [0.1, 0.15) is 5.82 Å². The molecule has 3 N–H and O–H groups in total. The number of hydrogen-bond acceptors (Lipinski definition) is 5. The van der Waals surface area contributed by atoms with Crippen LogP contribution >= 0.6 is 0 Å². The average Bonchev–Trinajstić information content (AvgIpc) is 2.70. The van der Waals surface area contributed by atoms with E-state index in [-0.39, 0.29) is 5.95 Å². The molecule has 0 saturated carbocycles. The van der Waals surface area contributed by atoms with Gasteiger partial charge in [0, 0.05) is 18.3 Å². The summed E-state index contributed by atoms with van der Waals surface area (Å²) >= 11 is 0. The van der Waals surface area contributed by atoms with Crippen LogP contribution in [0.3, 0.4) is 0 Å². The highest BCUT2D eigenvalue weighted by molar-refractivity contribution is 5.46. The number of anilines is 2. The molecule has 0 bridgehead atoms. The molecule has 108 valence electrons. The maximum atomic E-state index is 5.79. The van der Waals surface area contributed by atoms with Gasteiger partial charge < -0.3 is 11.1 Å². The Labute approximate surface area is 119 Å². The van der Waals surface area contributed by atoms with E-state index in [1.807, 2.05) is 17.7 Å². The summed E-state index contributed by atoms with van der Waals surface area (Å²) in [5.41, 5.74) is 9.18. The molecule has 2 rings (SSSR count). The van der Waals surface area contributed by atoms with E-state index in [0.29, 0.717) is 5.82 Å². The number of nitrogen functional groups attached to an aromatic ring is 1. The van der Waals surface area contributed by atoms with Crippen LogP contribution in [0, 0.1) is 13.8 Å². The minimum atomic E-state index is 0.256. The number of aryl methyl sites for hydroxylation is 1. The van der Waals surface area contributed by atoms with Gasteiger partial charge in [-0.1, -0.05) is 13.8 Å². The van der Waals surface area contributed by atoms with Gasteiger partial charge in [0.25, 0.3) is 0 Å². The van der Waals surface area contributed by atoms with E-state index >= 15 is 0 Å². The molecule has 2 heterocycles. The highest BCUT2D eigenvalue weighted by Gasteiger charge is 2.13. The van der Waals surface area contributed by atoms with E-state index in [0.717, 1.165) is 36.6 Å². The molecule has 0 aliphatic carbocycles. The lowest BCUT2D eigenvalue weighted by Crippen LogP contribution is -2.09. The van der Waals surface area contributed by atoms with Crippen LogP contribution in [0.25, 0.3) is 5.82 Å². The topological polar surface area (TPSA) is 81.7 Å². The maximum Gasteiger partial charge on any atom is 0.224 e. The third-order valence-electron chi connectivity index (χ3n) is 3.30. The number of nitrogens with two attached hydrogens (primary N) is 1. The SMILES string of the molecule is CCCNc1cc(-n2nc(C)c(CC)c2C)nc(N)n1. The molecule has 0 spiro atoms. The van der Waals surface area contributed by atoms with Crippen molar-refractivity contribution in [2.45, 2.75) is 40.5 Å². The van der Waals surface area contributed by atoms with Crippen LogP contribution in [0.15, 0.2) is 6.07 Å². The Balaban J connectivity index is 2.44. The number of nitrogens with zero attached hydrogens (tertiary/aromatic N) is 4. The molecule has 0 unspecified atom stereocenters. The normalized spacial score (nSPS) is 10.8. The van der Waals surface area contributed by atoms with Gasteiger partial charge in [-0.3, -0.25) is 0 Å². The summed E-state index contributed by atoms with van der Waals surface area (Å²) in [4.78, 5) is 8.48. The molecule has 0 amide bonds. The Morgan fingerprint density at radius 2 is 2.00 bits per heavy atom. The summed E-state index contributed by atoms with van der Waals surface area (Å²) in [5, 5.41) is 7.78. The summed E-state index contributed by atoms with van der Waals surface area (Å²) in [5.74, 6) is 1.70. The van der Waals surface area contributed by atoms with Crippen molar-refractivity contribution in [2.75, 3.05) is 17.6 Å². The highest BCUT2D eigenvalue weighted by Crippen LogP contribution is 2.19. The third-order valence-corrected chi connectivity index (χ3v) is 3.30. The Morgan fingerprint density at radius 1 is 1.25 bits per heavy atom. The Kier molecular flexibility index (Phi) is 4.22. The summed E-state index contributed by atoms with van der Waals surface area (Å²) in [6.45, 7) is 9.16. The second-order valence-electron chi connectivity index (χ2n) is 4.81. The molecule has 0 aliphatic heterocycles. The maximum absolute atomic E-state index is 5.79. The zero-order chi connectivity index (χ0) is 14.7. The first kappa shape index (κ1) is 14.3. The van der Waals surface area contributed by atoms with Crippen molar-refractivity contribution in [3.8, 4) is 5.82 Å². The molecule has 2 aromatic rings. The smallest absolute Gasteiger partial charge is 0.224 e. The van der Waals surface area contributed by atoms with Gasteiger partial charge in [-0.2, -0.15) is 15.1 Å². The van der Waals surface area contributed by atoms with Crippen LogP contribution in [-0.2, 0) is 6.42 Å². The lowest BCUT2D eigenvalue weighted by atomic mass is 10.1. The largest absolute Gasteiger partial charge is 0.370 e. The zero-order valence-electron chi connectivity index (χ0n) is 12.6. The fourth-order valence-electron chi connectivity index (χ4n) is 2.31. The van der Waals surface area contributed by atoms with Crippen LogP contribution in [0.4, 0.5) is 11.8 Å². The average molecular weight is 274 g/mol. The standard InChI is InChI=1S/C14H22N6/c1-5-7-16-12-8-13(18-14(15)17-12)20-10(4)11(6-2)9(3)19-20/h8H,5-7H2,1-4H3,(H3,15,16,17,18). The summed E-state index contributed by atoms with van der Waals surface area (Å²) in [6.07, 6.45) is 1.98. The molecule has 6 nitrogen and oxygen atoms in total. The van der Waals surface area contributed by atoms with Crippen molar-refractivity contribution in [3.05, 3.63) is 23.0 Å². The first-order valence-electron chi connectivity index (χ1n) is 7.00. The number of aromatic nitrogens is 4. The number of nitrogens with one attached hydrogen (secondary N) is 1. The third kappa shape index (κ3) is 2.74.